The third kappa shape index (κ3) is 5.28. The molecule has 0 unspecified atom stereocenters. The van der Waals surface area contributed by atoms with Gasteiger partial charge in [-0.15, -0.1) is 0 Å². The molecular weight excluding hydrogens is 240 g/mol. The Morgan fingerprint density at radius 1 is 1.37 bits per heavy atom. The van der Waals surface area contributed by atoms with E-state index in [1.807, 2.05) is 24.3 Å². The van der Waals surface area contributed by atoms with Gasteiger partial charge in [-0.25, -0.2) is 0 Å². The maximum atomic E-state index is 8.65. The first-order chi connectivity index (χ1) is 9.21. The van der Waals surface area contributed by atoms with Gasteiger partial charge in [-0.3, -0.25) is 0 Å². The molecule has 1 aromatic rings. The average molecular weight is 264 g/mol. The van der Waals surface area contributed by atoms with Crippen LogP contribution in [-0.4, -0.2) is 42.1 Å². The summed E-state index contributed by atoms with van der Waals surface area (Å²) < 4.78 is 0. The van der Waals surface area contributed by atoms with Crippen molar-refractivity contribution in [2.45, 2.75) is 20.4 Å². The van der Waals surface area contributed by atoms with Crippen LogP contribution in [0.15, 0.2) is 29.4 Å². The van der Waals surface area contributed by atoms with E-state index in [4.69, 9.17) is 10.9 Å². The van der Waals surface area contributed by atoms with Gasteiger partial charge in [-0.05, 0) is 24.7 Å². The Kier molecular flexibility index (Phi) is 6.92. The maximum Gasteiger partial charge on any atom is 0.170 e. The van der Waals surface area contributed by atoms with Gasteiger partial charge < -0.3 is 21.2 Å². The lowest BCUT2D eigenvalue weighted by atomic mass is 10.1. The molecule has 0 bridgehead atoms. The van der Waals surface area contributed by atoms with Gasteiger partial charge in [-0.2, -0.15) is 0 Å². The largest absolute Gasteiger partial charge is 0.409 e. The molecule has 5 heteroatoms. The normalized spacial score (nSPS) is 12.1. The van der Waals surface area contributed by atoms with Gasteiger partial charge >= 0.3 is 0 Å². The van der Waals surface area contributed by atoms with Crippen LogP contribution in [-0.2, 0) is 6.54 Å². The van der Waals surface area contributed by atoms with E-state index in [1.165, 1.54) is 0 Å². The highest BCUT2D eigenvalue weighted by Crippen LogP contribution is 2.04. The minimum absolute atomic E-state index is 0.144. The number of nitrogens with zero attached hydrogens (tertiary/aromatic N) is 2. The second-order valence-corrected chi connectivity index (χ2v) is 4.39. The lowest BCUT2D eigenvalue weighted by molar-refractivity contribution is 0.302. The molecule has 5 nitrogen and oxygen atoms in total. The van der Waals surface area contributed by atoms with E-state index in [0.717, 1.165) is 43.9 Å². The van der Waals surface area contributed by atoms with E-state index in [9.17, 15) is 0 Å². The van der Waals surface area contributed by atoms with Crippen LogP contribution in [0.3, 0.4) is 0 Å². The Labute approximate surface area is 115 Å². The number of nitrogens with two attached hydrogens (primary N) is 1. The number of amidine groups is 1. The minimum Gasteiger partial charge on any atom is -0.409 e. The van der Waals surface area contributed by atoms with Gasteiger partial charge in [0.15, 0.2) is 5.84 Å². The molecule has 0 aliphatic carbocycles. The predicted octanol–water partition coefficient (Wildman–Crippen LogP) is 1.21. The zero-order valence-electron chi connectivity index (χ0n) is 11.8. The van der Waals surface area contributed by atoms with Gasteiger partial charge in [0.2, 0.25) is 0 Å². The van der Waals surface area contributed by atoms with Gasteiger partial charge in [0.25, 0.3) is 0 Å². The highest BCUT2D eigenvalue weighted by Gasteiger charge is 2.01. The van der Waals surface area contributed by atoms with Crippen molar-refractivity contribution in [1.29, 1.82) is 0 Å². The van der Waals surface area contributed by atoms with Crippen LogP contribution in [0.1, 0.15) is 25.0 Å². The molecule has 1 rings (SSSR count). The van der Waals surface area contributed by atoms with Crippen LogP contribution in [0.4, 0.5) is 0 Å². The summed E-state index contributed by atoms with van der Waals surface area (Å²) in [6.07, 6.45) is 0. The molecule has 0 aromatic heterocycles. The van der Waals surface area contributed by atoms with Crippen LogP contribution in [0.2, 0.25) is 0 Å². The predicted molar refractivity (Wildman–Crippen MR) is 78.4 cm³/mol. The summed E-state index contributed by atoms with van der Waals surface area (Å²) >= 11 is 0. The summed E-state index contributed by atoms with van der Waals surface area (Å²) in [5.74, 6) is 0.144. The molecule has 0 radical (unpaired) electrons. The molecule has 0 heterocycles. The van der Waals surface area contributed by atoms with E-state index in [0.29, 0.717) is 0 Å². The molecule has 0 atom stereocenters. The number of nitrogens with one attached hydrogen (secondary N) is 1. The highest BCUT2D eigenvalue weighted by molar-refractivity contribution is 5.97. The third-order valence-electron chi connectivity index (χ3n) is 3.16. The smallest absolute Gasteiger partial charge is 0.170 e. The summed E-state index contributed by atoms with van der Waals surface area (Å²) in [4.78, 5) is 2.37. The molecule has 0 saturated carbocycles. The van der Waals surface area contributed by atoms with Crippen molar-refractivity contribution >= 4 is 5.84 Å². The fourth-order valence-corrected chi connectivity index (χ4v) is 1.91. The molecule has 0 saturated heterocycles. The third-order valence-corrected chi connectivity index (χ3v) is 3.16. The second kappa shape index (κ2) is 8.50. The van der Waals surface area contributed by atoms with E-state index in [1.54, 1.807) is 0 Å². The Morgan fingerprint density at radius 2 is 2.11 bits per heavy atom. The first kappa shape index (κ1) is 15.5. The van der Waals surface area contributed by atoms with Crippen LogP contribution < -0.4 is 11.1 Å². The minimum atomic E-state index is 0.144. The van der Waals surface area contributed by atoms with Gasteiger partial charge in [0.1, 0.15) is 0 Å². The summed E-state index contributed by atoms with van der Waals surface area (Å²) in [5, 5.41) is 15.1. The van der Waals surface area contributed by atoms with Crippen LogP contribution in [0.25, 0.3) is 0 Å². The first-order valence-electron chi connectivity index (χ1n) is 6.71. The molecule has 4 N–H and O–H groups in total. The monoisotopic (exact) mass is 264 g/mol. The molecular formula is C14H24N4O. The zero-order valence-corrected chi connectivity index (χ0v) is 11.8. The molecule has 0 fully saturated rings. The van der Waals surface area contributed by atoms with Crippen molar-refractivity contribution in [2.24, 2.45) is 10.9 Å². The average Bonchev–Trinajstić information content (AvgIpc) is 2.47. The van der Waals surface area contributed by atoms with Crippen molar-refractivity contribution in [2.75, 3.05) is 26.2 Å². The Balaban J connectivity index is 2.41. The molecule has 1 aromatic carbocycles. The zero-order chi connectivity index (χ0) is 14.1. The van der Waals surface area contributed by atoms with Crippen molar-refractivity contribution in [3.63, 3.8) is 0 Å². The molecule has 0 amide bonds. The second-order valence-electron chi connectivity index (χ2n) is 4.39. The summed E-state index contributed by atoms with van der Waals surface area (Å²) in [5.41, 5.74) is 7.44. The summed E-state index contributed by atoms with van der Waals surface area (Å²) in [7, 11) is 0. The number of benzene rings is 1. The Bertz CT molecular complexity index is 402. The number of oxime groups is 1. The maximum absolute atomic E-state index is 8.65. The standard InChI is InChI=1S/C14H24N4O/c1-3-18(4-2)9-8-16-11-12-6-5-7-13(10-12)14(15)17-19/h5-7,10,16,19H,3-4,8-9,11H2,1-2H3,(H2,15,17). The van der Waals surface area contributed by atoms with E-state index in [2.05, 4.69) is 29.2 Å². The van der Waals surface area contributed by atoms with E-state index < -0.39 is 0 Å². The summed E-state index contributed by atoms with van der Waals surface area (Å²) in [6.45, 7) is 9.29. The van der Waals surface area contributed by atoms with Crippen LogP contribution >= 0.6 is 0 Å². The van der Waals surface area contributed by atoms with Gasteiger partial charge in [0.05, 0.1) is 0 Å². The number of rotatable bonds is 8. The van der Waals surface area contributed by atoms with E-state index in [-0.39, 0.29) is 5.84 Å². The van der Waals surface area contributed by atoms with Crippen molar-refractivity contribution < 1.29 is 5.21 Å². The van der Waals surface area contributed by atoms with Crippen molar-refractivity contribution in [3.05, 3.63) is 35.4 Å². The summed E-state index contributed by atoms with van der Waals surface area (Å²) in [6, 6.07) is 7.70. The molecule has 0 aliphatic rings. The molecule has 0 spiro atoms. The van der Waals surface area contributed by atoms with Gasteiger partial charge in [0, 0.05) is 25.2 Å². The fraction of sp³-hybridized carbons (Fsp3) is 0.500. The van der Waals surface area contributed by atoms with Gasteiger partial charge in [-0.1, -0.05) is 37.2 Å². The highest BCUT2D eigenvalue weighted by atomic mass is 16.4. The number of likely N-dealkylation sites (N-methyl/N-ethyl adjacent to an activating group) is 1. The number of hydrogen-bond acceptors (Lipinski definition) is 4. The molecule has 106 valence electrons. The van der Waals surface area contributed by atoms with Crippen LogP contribution in [0.5, 0.6) is 0 Å². The van der Waals surface area contributed by atoms with Crippen molar-refractivity contribution in [3.8, 4) is 0 Å². The quantitative estimate of drug-likeness (QED) is 0.217. The topological polar surface area (TPSA) is 73.9 Å². The molecule has 0 aliphatic heterocycles. The van der Waals surface area contributed by atoms with Crippen molar-refractivity contribution in [1.82, 2.24) is 10.2 Å². The molecule has 19 heavy (non-hydrogen) atoms. The number of hydrogen-bond donors (Lipinski definition) is 3. The lowest BCUT2D eigenvalue weighted by Gasteiger charge is -2.18. The van der Waals surface area contributed by atoms with E-state index >= 15 is 0 Å². The Morgan fingerprint density at radius 3 is 2.74 bits per heavy atom. The fourth-order valence-electron chi connectivity index (χ4n) is 1.91. The SMILES string of the molecule is CCN(CC)CCNCc1cccc(C(N)=NO)c1. The van der Waals surface area contributed by atoms with Crippen LogP contribution in [0, 0.1) is 0 Å². The Hall–Kier alpha value is -1.59. The first-order valence-corrected chi connectivity index (χ1v) is 6.71. The lowest BCUT2D eigenvalue weighted by Crippen LogP contribution is -2.31.